The molecule has 0 aliphatic carbocycles. The number of ether oxygens (including phenoxy) is 1. The van der Waals surface area contributed by atoms with E-state index in [1.165, 1.54) is 24.3 Å². The van der Waals surface area contributed by atoms with E-state index in [0.29, 0.717) is 19.6 Å². The lowest BCUT2D eigenvalue weighted by atomic mass is 10.1. The van der Waals surface area contributed by atoms with Gasteiger partial charge in [0.15, 0.2) is 6.61 Å². The van der Waals surface area contributed by atoms with Crippen LogP contribution in [0.1, 0.15) is 25.0 Å². The summed E-state index contributed by atoms with van der Waals surface area (Å²) in [6, 6.07) is 12.2. The van der Waals surface area contributed by atoms with Gasteiger partial charge in [-0.1, -0.05) is 12.1 Å². The minimum Gasteiger partial charge on any atom is -0.484 e. The van der Waals surface area contributed by atoms with Crippen LogP contribution in [0.5, 0.6) is 5.75 Å². The summed E-state index contributed by atoms with van der Waals surface area (Å²) in [6.45, 7) is 5.76. The zero-order chi connectivity index (χ0) is 21.0. The molecule has 1 heterocycles. The van der Waals surface area contributed by atoms with Crippen LogP contribution in [0.25, 0.3) is 0 Å². The molecule has 152 valence electrons. The normalized spacial score (nSPS) is 19.6. The molecule has 0 aromatic heterocycles. The summed E-state index contributed by atoms with van der Waals surface area (Å²) >= 11 is 0. The Morgan fingerprint density at radius 3 is 2.52 bits per heavy atom. The van der Waals surface area contributed by atoms with Crippen LogP contribution in [0.3, 0.4) is 0 Å². The Morgan fingerprint density at radius 1 is 1.14 bits per heavy atom. The van der Waals surface area contributed by atoms with Crippen LogP contribution in [0.2, 0.25) is 0 Å². The van der Waals surface area contributed by atoms with Gasteiger partial charge in [-0.05, 0) is 43.7 Å². The van der Waals surface area contributed by atoms with Gasteiger partial charge in [0.05, 0.1) is 5.56 Å². The number of hydrogen-bond acceptors (Lipinski definition) is 4. The van der Waals surface area contributed by atoms with Crippen LogP contribution in [0.15, 0.2) is 42.5 Å². The van der Waals surface area contributed by atoms with E-state index in [1.807, 2.05) is 13.8 Å². The van der Waals surface area contributed by atoms with Gasteiger partial charge in [0, 0.05) is 37.8 Å². The predicted molar refractivity (Wildman–Crippen MR) is 104 cm³/mol. The summed E-state index contributed by atoms with van der Waals surface area (Å²) < 4.78 is 32.2. The Balaban J connectivity index is 1.56. The van der Waals surface area contributed by atoms with Crippen LogP contribution >= 0.6 is 0 Å². The van der Waals surface area contributed by atoms with Gasteiger partial charge in [-0.25, -0.2) is 8.78 Å². The highest BCUT2D eigenvalue weighted by molar-refractivity contribution is 5.78. The maximum atomic E-state index is 13.7. The van der Waals surface area contributed by atoms with Gasteiger partial charge in [0.1, 0.15) is 23.5 Å². The average molecular weight is 399 g/mol. The first kappa shape index (κ1) is 20.7. The molecule has 2 aromatic carbocycles. The number of carbonyl (C=O) groups is 1. The largest absolute Gasteiger partial charge is 0.484 e. The van der Waals surface area contributed by atoms with Crippen molar-refractivity contribution in [1.29, 1.82) is 5.26 Å². The molecule has 1 aliphatic rings. The predicted octanol–water partition coefficient (Wildman–Crippen LogP) is 3.34. The maximum absolute atomic E-state index is 13.7. The van der Waals surface area contributed by atoms with Gasteiger partial charge in [-0.2, -0.15) is 5.26 Å². The third-order valence-corrected chi connectivity index (χ3v) is 5.16. The summed E-state index contributed by atoms with van der Waals surface area (Å²) in [5.74, 6) is -0.886. The van der Waals surface area contributed by atoms with Crippen molar-refractivity contribution in [3.05, 3.63) is 65.2 Å². The number of nitrogens with zero attached hydrogens (tertiary/aromatic N) is 3. The van der Waals surface area contributed by atoms with Crippen molar-refractivity contribution in [2.75, 3.05) is 19.7 Å². The topological polar surface area (TPSA) is 56.6 Å². The fourth-order valence-corrected chi connectivity index (χ4v) is 3.49. The molecule has 1 saturated heterocycles. The van der Waals surface area contributed by atoms with Gasteiger partial charge in [-0.3, -0.25) is 9.69 Å². The van der Waals surface area contributed by atoms with Crippen molar-refractivity contribution in [3.63, 3.8) is 0 Å². The average Bonchev–Trinajstić information content (AvgIpc) is 2.70. The zero-order valence-corrected chi connectivity index (χ0v) is 16.4. The molecule has 3 rings (SSSR count). The standard InChI is InChI=1S/C22H23F2N3O2/c1-15-12-27(16(2)11-26(15)13-17-3-6-19(23)7-4-17)22(28)14-29-20-8-5-18(10-25)21(24)9-20/h3-9,15-16H,11-14H2,1-2H3/t15-,16+/m0/s1. The van der Waals surface area contributed by atoms with E-state index in [4.69, 9.17) is 10.00 Å². The first-order valence-corrected chi connectivity index (χ1v) is 9.47. The second kappa shape index (κ2) is 9.01. The lowest BCUT2D eigenvalue weighted by Crippen LogP contribution is -2.58. The number of carbonyl (C=O) groups excluding carboxylic acids is 1. The quantitative estimate of drug-likeness (QED) is 0.774. The Labute approximate surface area is 169 Å². The molecule has 0 saturated carbocycles. The number of halogens is 2. The first-order valence-electron chi connectivity index (χ1n) is 9.47. The molecule has 1 fully saturated rings. The molecular formula is C22H23F2N3O2. The number of piperazine rings is 1. The van der Waals surface area contributed by atoms with E-state index in [-0.39, 0.29) is 41.7 Å². The van der Waals surface area contributed by atoms with Crippen LogP contribution in [0, 0.1) is 23.0 Å². The van der Waals surface area contributed by atoms with Crippen molar-refractivity contribution in [1.82, 2.24) is 9.80 Å². The maximum Gasteiger partial charge on any atom is 0.260 e. The molecule has 2 aromatic rings. The number of hydrogen-bond donors (Lipinski definition) is 0. The van der Waals surface area contributed by atoms with Crippen LogP contribution in [-0.4, -0.2) is 47.5 Å². The molecule has 29 heavy (non-hydrogen) atoms. The van der Waals surface area contributed by atoms with Crippen molar-refractivity contribution in [2.24, 2.45) is 0 Å². The fraction of sp³-hybridized carbons (Fsp3) is 0.364. The van der Waals surface area contributed by atoms with E-state index in [0.717, 1.165) is 11.6 Å². The Bertz CT molecular complexity index is 911. The second-order valence-electron chi connectivity index (χ2n) is 7.34. The third-order valence-electron chi connectivity index (χ3n) is 5.16. The Kier molecular flexibility index (Phi) is 6.45. The molecule has 5 nitrogen and oxygen atoms in total. The molecule has 0 bridgehead atoms. The molecule has 0 radical (unpaired) electrons. The highest BCUT2D eigenvalue weighted by Gasteiger charge is 2.32. The molecular weight excluding hydrogens is 376 g/mol. The highest BCUT2D eigenvalue weighted by Crippen LogP contribution is 2.20. The monoisotopic (exact) mass is 399 g/mol. The van der Waals surface area contributed by atoms with Crippen molar-refractivity contribution >= 4 is 5.91 Å². The van der Waals surface area contributed by atoms with Crippen LogP contribution in [0.4, 0.5) is 8.78 Å². The molecule has 0 N–H and O–H groups in total. The third kappa shape index (κ3) is 5.09. The lowest BCUT2D eigenvalue weighted by molar-refractivity contribution is -0.139. The van der Waals surface area contributed by atoms with E-state index in [2.05, 4.69) is 4.90 Å². The molecule has 7 heteroatoms. The molecule has 1 amide bonds. The molecule has 1 aliphatic heterocycles. The summed E-state index contributed by atoms with van der Waals surface area (Å²) in [4.78, 5) is 16.7. The minimum atomic E-state index is -0.672. The van der Waals surface area contributed by atoms with Crippen molar-refractivity contribution in [2.45, 2.75) is 32.5 Å². The summed E-state index contributed by atoms with van der Waals surface area (Å²) in [6.07, 6.45) is 0. The highest BCUT2D eigenvalue weighted by atomic mass is 19.1. The Morgan fingerprint density at radius 2 is 1.86 bits per heavy atom. The summed E-state index contributed by atoms with van der Waals surface area (Å²) in [5, 5.41) is 8.77. The Hall–Kier alpha value is -2.98. The molecule has 0 spiro atoms. The lowest BCUT2D eigenvalue weighted by Gasteiger charge is -2.44. The fourth-order valence-electron chi connectivity index (χ4n) is 3.49. The van der Waals surface area contributed by atoms with Gasteiger partial charge in [0.25, 0.3) is 5.91 Å². The van der Waals surface area contributed by atoms with Crippen molar-refractivity contribution in [3.8, 4) is 11.8 Å². The molecule has 0 unspecified atom stereocenters. The molecule has 2 atom stereocenters. The minimum absolute atomic E-state index is 0.0135. The van der Waals surface area contributed by atoms with E-state index >= 15 is 0 Å². The van der Waals surface area contributed by atoms with Crippen LogP contribution < -0.4 is 4.74 Å². The van der Waals surface area contributed by atoms with E-state index in [9.17, 15) is 13.6 Å². The number of rotatable bonds is 5. The van der Waals surface area contributed by atoms with E-state index < -0.39 is 5.82 Å². The SMILES string of the molecule is C[C@@H]1CN(Cc2ccc(F)cc2)[C@@H](C)CN1C(=O)COc1ccc(C#N)c(F)c1. The van der Waals surface area contributed by atoms with Crippen LogP contribution in [-0.2, 0) is 11.3 Å². The number of amides is 1. The second-order valence-corrected chi connectivity index (χ2v) is 7.34. The number of nitriles is 1. The van der Waals surface area contributed by atoms with Gasteiger partial charge in [-0.15, -0.1) is 0 Å². The summed E-state index contributed by atoms with van der Waals surface area (Å²) in [7, 11) is 0. The van der Waals surface area contributed by atoms with E-state index in [1.54, 1.807) is 23.1 Å². The summed E-state index contributed by atoms with van der Waals surface area (Å²) in [5.41, 5.74) is 0.958. The smallest absolute Gasteiger partial charge is 0.260 e. The zero-order valence-electron chi connectivity index (χ0n) is 16.4. The van der Waals surface area contributed by atoms with Gasteiger partial charge >= 0.3 is 0 Å². The number of benzene rings is 2. The van der Waals surface area contributed by atoms with Gasteiger partial charge in [0.2, 0.25) is 0 Å². The first-order chi connectivity index (χ1) is 13.9. The van der Waals surface area contributed by atoms with Gasteiger partial charge < -0.3 is 9.64 Å². The van der Waals surface area contributed by atoms with Crippen molar-refractivity contribution < 1.29 is 18.3 Å².